The summed E-state index contributed by atoms with van der Waals surface area (Å²) in [5.41, 5.74) is 3.41. The van der Waals surface area contributed by atoms with E-state index in [9.17, 15) is 0 Å². The van der Waals surface area contributed by atoms with Crippen LogP contribution in [-0.2, 0) is 0 Å². The number of fused-ring (bicyclic) bond motifs is 3. The van der Waals surface area contributed by atoms with Crippen molar-refractivity contribution in [3.63, 3.8) is 0 Å². The molecule has 27 heavy (non-hydrogen) atoms. The molecular weight excluding hydrogens is 398 g/mol. The van der Waals surface area contributed by atoms with E-state index in [1.807, 2.05) is 42.5 Å². The molecule has 2 nitrogen and oxygen atoms in total. The topological polar surface area (TPSA) is 14.2 Å². The molecule has 0 spiro atoms. The lowest BCUT2D eigenvalue weighted by Gasteiger charge is -2.14. The van der Waals surface area contributed by atoms with Crippen LogP contribution in [0.15, 0.2) is 102 Å². The van der Waals surface area contributed by atoms with E-state index < -0.39 is 0 Å². The predicted octanol–water partition coefficient (Wildman–Crippen LogP) is 7.34. The predicted molar refractivity (Wildman–Crippen MR) is 115 cm³/mol. The summed E-state index contributed by atoms with van der Waals surface area (Å²) in [4.78, 5) is 0. The van der Waals surface area contributed by atoms with Gasteiger partial charge in [0, 0.05) is 10.8 Å². The lowest BCUT2D eigenvalue weighted by molar-refractivity contribution is 0.479. The maximum atomic E-state index is 6.11. The largest absolute Gasteiger partial charge is 0.456 e. The average Bonchev–Trinajstić information content (AvgIpc) is 3.05. The molecule has 130 valence electrons. The second kappa shape index (κ2) is 6.60. The molecule has 0 radical (unpaired) electrons. The molecule has 0 aliphatic heterocycles. The Kier molecular flexibility index (Phi) is 3.95. The van der Waals surface area contributed by atoms with E-state index in [-0.39, 0.29) is 0 Å². The SMILES string of the molecule is Brc1c(Oc2ccccc2)cccc1-n1c2ccccc2c2ccccc21. The van der Waals surface area contributed by atoms with Crippen LogP contribution in [0.5, 0.6) is 11.5 Å². The number of rotatable bonds is 3. The molecule has 5 rings (SSSR count). The first-order valence-electron chi connectivity index (χ1n) is 8.83. The quantitative estimate of drug-likeness (QED) is 0.301. The van der Waals surface area contributed by atoms with E-state index in [1.165, 1.54) is 21.8 Å². The van der Waals surface area contributed by atoms with Crippen molar-refractivity contribution >= 4 is 37.7 Å². The monoisotopic (exact) mass is 413 g/mol. The van der Waals surface area contributed by atoms with Gasteiger partial charge in [0.25, 0.3) is 0 Å². The van der Waals surface area contributed by atoms with Crippen LogP contribution in [0.25, 0.3) is 27.5 Å². The first kappa shape index (κ1) is 16.2. The van der Waals surface area contributed by atoms with Crippen molar-refractivity contribution in [2.75, 3.05) is 0 Å². The van der Waals surface area contributed by atoms with Crippen LogP contribution >= 0.6 is 15.9 Å². The standard InChI is InChI=1S/C24H16BrNO/c25-24-22(15-8-16-23(24)27-17-9-2-1-3-10-17)26-20-13-6-4-11-18(20)19-12-5-7-14-21(19)26/h1-16H. The van der Waals surface area contributed by atoms with Crippen molar-refractivity contribution in [3.8, 4) is 17.2 Å². The number of para-hydroxylation sites is 3. The molecule has 0 atom stereocenters. The Bertz CT molecular complexity index is 1200. The molecule has 1 heterocycles. The van der Waals surface area contributed by atoms with Crippen molar-refractivity contribution in [1.82, 2.24) is 4.57 Å². The van der Waals surface area contributed by atoms with Gasteiger partial charge in [-0.05, 0) is 52.3 Å². The molecule has 0 saturated heterocycles. The van der Waals surface area contributed by atoms with Crippen LogP contribution in [-0.4, -0.2) is 4.57 Å². The maximum absolute atomic E-state index is 6.11. The van der Waals surface area contributed by atoms with Gasteiger partial charge in [-0.15, -0.1) is 0 Å². The van der Waals surface area contributed by atoms with Crippen LogP contribution in [0.4, 0.5) is 0 Å². The lowest BCUT2D eigenvalue weighted by Crippen LogP contribution is -1.96. The fourth-order valence-electron chi connectivity index (χ4n) is 3.55. The summed E-state index contributed by atoms with van der Waals surface area (Å²) < 4.78 is 9.33. The summed E-state index contributed by atoms with van der Waals surface area (Å²) in [6.45, 7) is 0. The highest BCUT2D eigenvalue weighted by molar-refractivity contribution is 9.10. The van der Waals surface area contributed by atoms with Gasteiger partial charge >= 0.3 is 0 Å². The Morgan fingerprint density at radius 3 is 1.85 bits per heavy atom. The number of ether oxygens (including phenoxy) is 1. The van der Waals surface area contributed by atoms with E-state index in [1.54, 1.807) is 0 Å². The van der Waals surface area contributed by atoms with Crippen LogP contribution in [0.3, 0.4) is 0 Å². The summed E-state index contributed by atoms with van der Waals surface area (Å²) in [5.74, 6) is 1.61. The van der Waals surface area contributed by atoms with Crippen molar-refractivity contribution in [1.29, 1.82) is 0 Å². The molecule has 0 amide bonds. The van der Waals surface area contributed by atoms with E-state index >= 15 is 0 Å². The molecule has 0 saturated carbocycles. The minimum absolute atomic E-state index is 0.792. The van der Waals surface area contributed by atoms with Gasteiger partial charge in [0.2, 0.25) is 0 Å². The highest BCUT2D eigenvalue weighted by Crippen LogP contribution is 2.39. The lowest BCUT2D eigenvalue weighted by atomic mass is 10.2. The minimum atomic E-state index is 0.792. The molecular formula is C24H16BrNO. The van der Waals surface area contributed by atoms with E-state index in [0.717, 1.165) is 21.7 Å². The van der Waals surface area contributed by atoms with E-state index in [2.05, 4.69) is 75.1 Å². The van der Waals surface area contributed by atoms with Crippen molar-refractivity contribution in [3.05, 3.63) is 102 Å². The van der Waals surface area contributed by atoms with Crippen molar-refractivity contribution in [2.24, 2.45) is 0 Å². The molecule has 0 N–H and O–H groups in total. The summed E-state index contributed by atoms with van der Waals surface area (Å²) in [7, 11) is 0. The molecule has 1 aromatic heterocycles. The number of aromatic nitrogens is 1. The van der Waals surface area contributed by atoms with Crippen molar-refractivity contribution < 1.29 is 4.74 Å². The van der Waals surface area contributed by atoms with E-state index in [4.69, 9.17) is 4.74 Å². The Morgan fingerprint density at radius 2 is 1.19 bits per heavy atom. The summed E-state index contributed by atoms with van der Waals surface area (Å²) >= 11 is 3.79. The summed E-state index contributed by atoms with van der Waals surface area (Å²) in [6, 6.07) is 33.0. The highest BCUT2D eigenvalue weighted by atomic mass is 79.9. The third-order valence-electron chi connectivity index (χ3n) is 4.73. The fourth-order valence-corrected chi connectivity index (χ4v) is 4.07. The fraction of sp³-hybridized carbons (Fsp3) is 0. The van der Waals surface area contributed by atoms with Crippen LogP contribution in [0.2, 0.25) is 0 Å². The maximum Gasteiger partial charge on any atom is 0.143 e. The van der Waals surface area contributed by atoms with Crippen LogP contribution in [0, 0.1) is 0 Å². The minimum Gasteiger partial charge on any atom is -0.456 e. The van der Waals surface area contributed by atoms with E-state index in [0.29, 0.717) is 0 Å². The Balaban J connectivity index is 1.75. The van der Waals surface area contributed by atoms with Gasteiger partial charge in [-0.1, -0.05) is 60.7 Å². The van der Waals surface area contributed by atoms with Crippen molar-refractivity contribution in [2.45, 2.75) is 0 Å². The second-order valence-corrected chi connectivity index (χ2v) is 7.17. The normalized spacial score (nSPS) is 11.1. The molecule has 0 unspecified atom stereocenters. The zero-order valence-electron chi connectivity index (χ0n) is 14.5. The Labute approximate surface area is 165 Å². The molecule has 4 aromatic carbocycles. The first-order valence-corrected chi connectivity index (χ1v) is 9.62. The van der Waals surface area contributed by atoms with Gasteiger partial charge in [0.15, 0.2) is 0 Å². The Morgan fingerprint density at radius 1 is 0.593 bits per heavy atom. The third-order valence-corrected chi connectivity index (χ3v) is 5.53. The molecule has 5 aromatic rings. The van der Waals surface area contributed by atoms with Gasteiger partial charge in [0.1, 0.15) is 11.5 Å². The Hall–Kier alpha value is -3.04. The average molecular weight is 414 g/mol. The van der Waals surface area contributed by atoms with Gasteiger partial charge in [-0.3, -0.25) is 0 Å². The summed E-state index contributed by atoms with van der Waals surface area (Å²) in [5, 5.41) is 2.49. The summed E-state index contributed by atoms with van der Waals surface area (Å²) in [6.07, 6.45) is 0. The zero-order valence-corrected chi connectivity index (χ0v) is 16.1. The van der Waals surface area contributed by atoms with Gasteiger partial charge < -0.3 is 9.30 Å². The molecule has 0 bridgehead atoms. The molecule has 3 heteroatoms. The second-order valence-electron chi connectivity index (χ2n) is 6.37. The van der Waals surface area contributed by atoms with Gasteiger partial charge in [0.05, 0.1) is 21.2 Å². The molecule has 0 fully saturated rings. The molecule has 0 aliphatic rings. The van der Waals surface area contributed by atoms with Gasteiger partial charge in [-0.25, -0.2) is 0 Å². The molecule has 0 aliphatic carbocycles. The number of hydrogen-bond acceptors (Lipinski definition) is 1. The number of hydrogen-bond donors (Lipinski definition) is 0. The zero-order chi connectivity index (χ0) is 18.2. The van der Waals surface area contributed by atoms with Gasteiger partial charge in [-0.2, -0.15) is 0 Å². The van der Waals surface area contributed by atoms with Crippen LogP contribution in [0.1, 0.15) is 0 Å². The number of nitrogens with zero attached hydrogens (tertiary/aromatic N) is 1. The third kappa shape index (κ3) is 2.71. The number of benzene rings is 4. The number of halogens is 1. The highest BCUT2D eigenvalue weighted by Gasteiger charge is 2.15. The smallest absolute Gasteiger partial charge is 0.143 e. The first-order chi connectivity index (χ1) is 13.3. The van der Waals surface area contributed by atoms with Crippen LogP contribution < -0.4 is 4.74 Å².